The summed E-state index contributed by atoms with van der Waals surface area (Å²) in [6.07, 6.45) is 9.75. The zero-order chi connectivity index (χ0) is 19.2. The van der Waals surface area contributed by atoms with Crippen LogP contribution in [-0.4, -0.2) is 24.7 Å². The zero-order valence-electron chi connectivity index (χ0n) is 16.8. The molecule has 1 saturated carbocycles. The zero-order valence-corrected chi connectivity index (χ0v) is 16.8. The predicted octanol–water partition coefficient (Wildman–Crippen LogP) is 5.65. The number of hydrogen-bond acceptors (Lipinski definition) is 5. The summed E-state index contributed by atoms with van der Waals surface area (Å²) in [5.74, 6) is 2.39. The lowest BCUT2D eigenvalue weighted by Crippen LogP contribution is -2.22. The minimum absolute atomic E-state index is 0.119. The van der Waals surface area contributed by atoms with Crippen LogP contribution in [0.3, 0.4) is 0 Å². The van der Waals surface area contributed by atoms with Gasteiger partial charge in [0.2, 0.25) is 0 Å². The fourth-order valence-electron chi connectivity index (χ4n) is 4.07. The first kappa shape index (κ1) is 19.5. The van der Waals surface area contributed by atoms with Gasteiger partial charge in [0, 0.05) is 17.7 Å². The second kappa shape index (κ2) is 9.57. The fourth-order valence-corrected chi connectivity index (χ4v) is 4.07. The molecule has 5 nitrogen and oxygen atoms in total. The summed E-state index contributed by atoms with van der Waals surface area (Å²) in [5, 5.41) is 4.15. The molecule has 4 rings (SSSR count). The van der Waals surface area contributed by atoms with E-state index in [-0.39, 0.29) is 6.29 Å². The fraction of sp³-hybridized carbons (Fsp3) is 0.609. The summed E-state index contributed by atoms with van der Waals surface area (Å²) in [4.78, 5) is 0. The van der Waals surface area contributed by atoms with E-state index < -0.39 is 0 Å². The van der Waals surface area contributed by atoms with Crippen molar-refractivity contribution in [2.45, 2.75) is 71.2 Å². The molecule has 0 N–H and O–H groups in total. The summed E-state index contributed by atoms with van der Waals surface area (Å²) in [7, 11) is 0. The molecular formula is C23H31NO4. The van der Waals surface area contributed by atoms with E-state index in [1.807, 2.05) is 31.2 Å². The number of aromatic nitrogens is 1. The molecule has 1 atom stereocenters. The Hall–Kier alpha value is -1.85. The molecule has 5 heteroatoms. The van der Waals surface area contributed by atoms with Gasteiger partial charge in [-0.15, -0.1) is 0 Å². The normalized spacial score (nSPS) is 21.0. The number of ether oxygens (including phenoxy) is 3. The monoisotopic (exact) mass is 385 g/mol. The highest BCUT2D eigenvalue weighted by atomic mass is 16.7. The molecule has 1 saturated heterocycles. The Bertz CT molecular complexity index is 728. The van der Waals surface area contributed by atoms with Crippen LogP contribution in [0.2, 0.25) is 0 Å². The quantitative estimate of drug-likeness (QED) is 0.616. The van der Waals surface area contributed by atoms with Gasteiger partial charge in [-0.2, -0.15) is 0 Å². The molecule has 2 fully saturated rings. The summed E-state index contributed by atoms with van der Waals surface area (Å²) in [6, 6.07) is 8.11. The van der Waals surface area contributed by atoms with Crippen molar-refractivity contribution in [1.82, 2.24) is 5.16 Å². The Balaban J connectivity index is 1.36. The first-order valence-corrected chi connectivity index (χ1v) is 10.7. The van der Waals surface area contributed by atoms with Gasteiger partial charge in [-0.25, -0.2) is 0 Å². The maximum absolute atomic E-state index is 6.01. The average Bonchev–Trinajstić information content (AvgIpc) is 3.13. The average molecular weight is 386 g/mol. The van der Waals surface area contributed by atoms with Crippen LogP contribution in [0.15, 0.2) is 28.8 Å². The minimum Gasteiger partial charge on any atom is -0.493 e. The van der Waals surface area contributed by atoms with E-state index in [9.17, 15) is 0 Å². The smallest absolute Gasteiger partial charge is 0.172 e. The predicted molar refractivity (Wildman–Crippen MR) is 107 cm³/mol. The Morgan fingerprint density at radius 2 is 1.79 bits per heavy atom. The van der Waals surface area contributed by atoms with Gasteiger partial charge in [0.1, 0.15) is 5.75 Å². The van der Waals surface area contributed by atoms with Gasteiger partial charge in [-0.1, -0.05) is 24.4 Å². The highest BCUT2D eigenvalue weighted by Crippen LogP contribution is 2.30. The van der Waals surface area contributed by atoms with Crippen LogP contribution in [0, 0.1) is 12.8 Å². The topological polar surface area (TPSA) is 53.7 Å². The SMILES string of the molecule is Cc1noc(-c2ccc(OCC3CCCCC3)cc2)c1COC1CCCCO1. The third-order valence-corrected chi connectivity index (χ3v) is 5.86. The Labute approximate surface area is 167 Å². The molecule has 2 heterocycles. The van der Waals surface area contributed by atoms with E-state index in [1.165, 1.54) is 32.1 Å². The highest BCUT2D eigenvalue weighted by molar-refractivity contribution is 5.62. The van der Waals surface area contributed by atoms with Crippen LogP contribution in [-0.2, 0) is 16.1 Å². The van der Waals surface area contributed by atoms with Gasteiger partial charge < -0.3 is 18.7 Å². The van der Waals surface area contributed by atoms with E-state index in [1.54, 1.807) is 0 Å². The van der Waals surface area contributed by atoms with E-state index in [0.29, 0.717) is 12.5 Å². The molecular weight excluding hydrogens is 354 g/mol. The summed E-state index contributed by atoms with van der Waals surface area (Å²) in [5.41, 5.74) is 2.85. The molecule has 0 bridgehead atoms. The van der Waals surface area contributed by atoms with Gasteiger partial charge in [0.25, 0.3) is 0 Å². The van der Waals surface area contributed by atoms with Gasteiger partial charge in [0.05, 0.1) is 18.9 Å². The first-order chi connectivity index (χ1) is 13.8. The molecule has 2 aliphatic rings. The van der Waals surface area contributed by atoms with E-state index in [4.69, 9.17) is 18.7 Å². The van der Waals surface area contributed by atoms with Gasteiger partial charge in [0.15, 0.2) is 12.1 Å². The van der Waals surface area contributed by atoms with Crippen LogP contribution in [0.4, 0.5) is 0 Å². The van der Waals surface area contributed by atoms with E-state index >= 15 is 0 Å². The first-order valence-electron chi connectivity index (χ1n) is 10.7. The van der Waals surface area contributed by atoms with Crippen molar-refractivity contribution in [3.05, 3.63) is 35.5 Å². The van der Waals surface area contributed by atoms with Crippen LogP contribution in [0.1, 0.15) is 62.6 Å². The molecule has 28 heavy (non-hydrogen) atoms. The van der Waals surface area contributed by atoms with Crippen molar-refractivity contribution in [3.8, 4) is 17.1 Å². The van der Waals surface area contributed by atoms with Crippen molar-refractivity contribution in [2.24, 2.45) is 5.92 Å². The van der Waals surface area contributed by atoms with Crippen molar-refractivity contribution in [2.75, 3.05) is 13.2 Å². The molecule has 0 radical (unpaired) electrons. The molecule has 1 aromatic carbocycles. The molecule has 1 aliphatic heterocycles. The van der Waals surface area contributed by atoms with Crippen LogP contribution in [0.25, 0.3) is 11.3 Å². The van der Waals surface area contributed by atoms with Gasteiger partial charge >= 0.3 is 0 Å². The molecule has 152 valence electrons. The number of benzene rings is 1. The highest BCUT2D eigenvalue weighted by Gasteiger charge is 2.20. The third kappa shape index (κ3) is 4.95. The molecule has 1 aliphatic carbocycles. The molecule has 2 aromatic rings. The third-order valence-electron chi connectivity index (χ3n) is 5.86. The molecule has 0 spiro atoms. The largest absolute Gasteiger partial charge is 0.493 e. The second-order valence-corrected chi connectivity index (χ2v) is 8.02. The Morgan fingerprint density at radius 1 is 1.00 bits per heavy atom. The minimum atomic E-state index is -0.119. The molecule has 0 amide bonds. The Kier molecular flexibility index (Phi) is 6.65. The van der Waals surface area contributed by atoms with Gasteiger partial charge in [-0.3, -0.25) is 0 Å². The number of rotatable bonds is 7. The second-order valence-electron chi connectivity index (χ2n) is 8.02. The Morgan fingerprint density at radius 3 is 2.54 bits per heavy atom. The number of aryl methyl sites for hydroxylation is 1. The number of nitrogens with zero attached hydrogens (tertiary/aromatic N) is 1. The molecule has 1 aromatic heterocycles. The lowest BCUT2D eigenvalue weighted by atomic mass is 9.90. The summed E-state index contributed by atoms with van der Waals surface area (Å²) in [6.45, 7) is 4.01. The van der Waals surface area contributed by atoms with Crippen LogP contribution in [0.5, 0.6) is 5.75 Å². The van der Waals surface area contributed by atoms with Crippen LogP contribution >= 0.6 is 0 Å². The maximum Gasteiger partial charge on any atom is 0.172 e. The van der Waals surface area contributed by atoms with Crippen LogP contribution < -0.4 is 4.74 Å². The van der Waals surface area contributed by atoms with Crippen molar-refractivity contribution in [3.63, 3.8) is 0 Å². The van der Waals surface area contributed by atoms with E-state index in [2.05, 4.69) is 5.16 Å². The number of hydrogen-bond donors (Lipinski definition) is 0. The van der Waals surface area contributed by atoms with Crippen molar-refractivity contribution in [1.29, 1.82) is 0 Å². The van der Waals surface area contributed by atoms with Crippen molar-refractivity contribution < 1.29 is 18.7 Å². The van der Waals surface area contributed by atoms with E-state index in [0.717, 1.165) is 60.8 Å². The lowest BCUT2D eigenvalue weighted by molar-refractivity contribution is -0.168. The maximum atomic E-state index is 6.01. The summed E-state index contributed by atoms with van der Waals surface area (Å²) < 4.78 is 23.2. The lowest BCUT2D eigenvalue weighted by Gasteiger charge is -2.22. The van der Waals surface area contributed by atoms with Gasteiger partial charge in [-0.05, 0) is 69.2 Å². The summed E-state index contributed by atoms with van der Waals surface area (Å²) >= 11 is 0. The van der Waals surface area contributed by atoms with Crippen molar-refractivity contribution >= 4 is 0 Å². The standard InChI is InChI=1S/C23H31NO4/c1-17-21(16-27-22-9-5-6-14-25-22)23(28-24-17)19-10-12-20(13-11-19)26-15-18-7-3-2-4-8-18/h10-13,18,22H,2-9,14-16H2,1H3. The molecule has 1 unspecified atom stereocenters.